The van der Waals surface area contributed by atoms with E-state index in [1.54, 1.807) is 6.07 Å². The SMILES string of the molecule is Cc1cccc(C)c1NC(=O)c1ccn(C2CCCNC2)n1. The molecule has 1 saturated heterocycles. The van der Waals surface area contributed by atoms with Crippen LogP contribution in [0.5, 0.6) is 0 Å². The van der Waals surface area contributed by atoms with Crippen LogP contribution < -0.4 is 10.6 Å². The molecule has 1 aliphatic heterocycles. The molecule has 0 bridgehead atoms. The van der Waals surface area contributed by atoms with Crippen molar-refractivity contribution in [3.8, 4) is 0 Å². The number of benzene rings is 1. The van der Waals surface area contributed by atoms with Gasteiger partial charge in [-0.15, -0.1) is 0 Å². The van der Waals surface area contributed by atoms with Crippen molar-refractivity contribution >= 4 is 11.6 Å². The lowest BCUT2D eigenvalue weighted by Crippen LogP contribution is -2.32. The van der Waals surface area contributed by atoms with E-state index in [4.69, 9.17) is 0 Å². The number of rotatable bonds is 3. The predicted molar refractivity (Wildman–Crippen MR) is 87.2 cm³/mol. The number of hydrogen-bond acceptors (Lipinski definition) is 3. The Morgan fingerprint density at radius 2 is 2.09 bits per heavy atom. The molecule has 5 heteroatoms. The number of carbonyl (C=O) groups excluding carboxylic acids is 1. The van der Waals surface area contributed by atoms with Gasteiger partial charge in [-0.05, 0) is 50.4 Å². The maximum absolute atomic E-state index is 12.4. The third kappa shape index (κ3) is 3.04. The maximum Gasteiger partial charge on any atom is 0.276 e. The monoisotopic (exact) mass is 298 g/mol. The van der Waals surface area contributed by atoms with Gasteiger partial charge in [0.25, 0.3) is 5.91 Å². The van der Waals surface area contributed by atoms with Gasteiger partial charge in [-0.2, -0.15) is 5.10 Å². The number of hydrogen-bond donors (Lipinski definition) is 2. The second-order valence-electron chi connectivity index (χ2n) is 5.90. The van der Waals surface area contributed by atoms with Gasteiger partial charge in [-0.1, -0.05) is 18.2 Å². The normalized spacial score (nSPS) is 18.2. The van der Waals surface area contributed by atoms with Crippen LogP contribution in [0.15, 0.2) is 30.5 Å². The molecular formula is C17H22N4O. The molecule has 1 amide bonds. The van der Waals surface area contributed by atoms with Crippen molar-refractivity contribution < 1.29 is 4.79 Å². The number of aromatic nitrogens is 2. The second kappa shape index (κ2) is 6.32. The Morgan fingerprint density at radius 3 is 2.77 bits per heavy atom. The molecule has 1 unspecified atom stereocenters. The van der Waals surface area contributed by atoms with E-state index in [9.17, 15) is 4.79 Å². The van der Waals surface area contributed by atoms with E-state index < -0.39 is 0 Å². The number of nitrogens with zero attached hydrogens (tertiary/aromatic N) is 2. The quantitative estimate of drug-likeness (QED) is 0.916. The first-order valence-electron chi connectivity index (χ1n) is 7.78. The van der Waals surface area contributed by atoms with E-state index in [2.05, 4.69) is 15.7 Å². The molecule has 1 atom stereocenters. The summed E-state index contributed by atoms with van der Waals surface area (Å²) in [6, 6.07) is 8.11. The van der Waals surface area contributed by atoms with Crippen LogP contribution in [0.25, 0.3) is 0 Å². The Hall–Kier alpha value is -2.14. The van der Waals surface area contributed by atoms with Crippen molar-refractivity contribution in [2.75, 3.05) is 18.4 Å². The van der Waals surface area contributed by atoms with Crippen molar-refractivity contribution in [2.45, 2.75) is 32.7 Å². The fraction of sp³-hybridized carbons (Fsp3) is 0.412. The molecule has 2 heterocycles. The van der Waals surface area contributed by atoms with Gasteiger partial charge in [0, 0.05) is 18.4 Å². The van der Waals surface area contributed by atoms with Gasteiger partial charge in [0.2, 0.25) is 0 Å². The van der Waals surface area contributed by atoms with E-state index in [0.717, 1.165) is 42.7 Å². The Morgan fingerprint density at radius 1 is 1.32 bits per heavy atom. The second-order valence-corrected chi connectivity index (χ2v) is 5.90. The van der Waals surface area contributed by atoms with Crippen molar-refractivity contribution in [2.24, 2.45) is 0 Å². The molecule has 0 saturated carbocycles. The Bertz CT molecular complexity index is 651. The van der Waals surface area contributed by atoms with E-state index in [1.807, 2.05) is 42.9 Å². The first-order valence-corrected chi connectivity index (χ1v) is 7.78. The molecule has 0 spiro atoms. The van der Waals surface area contributed by atoms with Gasteiger partial charge >= 0.3 is 0 Å². The summed E-state index contributed by atoms with van der Waals surface area (Å²) >= 11 is 0. The van der Waals surface area contributed by atoms with Crippen LogP contribution in [0.1, 0.15) is 40.5 Å². The Balaban J connectivity index is 1.74. The minimum Gasteiger partial charge on any atom is -0.320 e. The summed E-state index contributed by atoms with van der Waals surface area (Å²) in [5, 5.41) is 10.8. The van der Waals surface area contributed by atoms with Crippen LogP contribution >= 0.6 is 0 Å². The number of carbonyl (C=O) groups is 1. The van der Waals surface area contributed by atoms with E-state index in [-0.39, 0.29) is 5.91 Å². The van der Waals surface area contributed by atoms with Gasteiger partial charge in [-0.25, -0.2) is 0 Å². The molecule has 2 N–H and O–H groups in total. The highest BCUT2D eigenvalue weighted by Gasteiger charge is 2.18. The molecule has 3 rings (SSSR count). The molecule has 116 valence electrons. The summed E-state index contributed by atoms with van der Waals surface area (Å²) in [7, 11) is 0. The van der Waals surface area contributed by atoms with Gasteiger partial charge in [0.1, 0.15) is 0 Å². The van der Waals surface area contributed by atoms with Gasteiger partial charge in [0.15, 0.2) is 5.69 Å². The molecule has 2 aromatic rings. The van der Waals surface area contributed by atoms with Gasteiger partial charge < -0.3 is 10.6 Å². The molecule has 1 aromatic heterocycles. The maximum atomic E-state index is 12.4. The highest BCUT2D eigenvalue weighted by molar-refractivity contribution is 6.03. The van der Waals surface area contributed by atoms with Crippen LogP contribution in [0, 0.1) is 13.8 Å². The Labute approximate surface area is 130 Å². The standard InChI is InChI=1S/C17H22N4O/c1-12-5-3-6-13(2)16(12)19-17(22)15-8-10-21(20-15)14-7-4-9-18-11-14/h3,5-6,8,10,14,18H,4,7,9,11H2,1-2H3,(H,19,22). The summed E-state index contributed by atoms with van der Waals surface area (Å²) < 4.78 is 1.91. The molecular weight excluding hydrogens is 276 g/mol. The van der Waals surface area contributed by atoms with Crippen molar-refractivity contribution in [1.29, 1.82) is 0 Å². The molecule has 0 aliphatic carbocycles. The van der Waals surface area contributed by atoms with E-state index in [1.165, 1.54) is 0 Å². The van der Waals surface area contributed by atoms with E-state index in [0.29, 0.717) is 11.7 Å². The highest BCUT2D eigenvalue weighted by Crippen LogP contribution is 2.21. The average molecular weight is 298 g/mol. The summed E-state index contributed by atoms with van der Waals surface area (Å²) in [5.74, 6) is -0.153. The molecule has 5 nitrogen and oxygen atoms in total. The summed E-state index contributed by atoms with van der Waals surface area (Å²) in [6.07, 6.45) is 4.15. The number of anilines is 1. The highest BCUT2D eigenvalue weighted by atomic mass is 16.2. The predicted octanol–water partition coefficient (Wildman–Crippen LogP) is 2.68. The first-order chi connectivity index (χ1) is 10.6. The lowest BCUT2D eigenvalue weighted by molar-refractivity contribution is 0.102. The van der Waals surface area contributed by atoms with Gasteiger partial charge in [-0.3, -0.25) is 9.48 Å². The number of aryl methyl sites for hydroxylation is 2. The first kappa shape index (κ1) is 14.8. The van der Waals surface area contributed by atoms with Gasteiger partial charge in [0.05, 0.1) is 6.04 Å². The van der Waals surface area contributed by atoms with Crippen LogP contribution in [0.3, 0.4) is 0 Å². The van der Waals surface area contributed by atoms with Crippen LogP contribution in [0.4, 0.5) is 5.69 Å². The van der Waals surface area contributed by atoms with Crippen molar-refractivity contribution in [1.82, 2.24) is 15.1 Å². The number of para-hydroxylation sites is 1. The summed E-state index contributed by atoms with van der Waals surface area (Å²) in [4.78, 5) is 12.4. The zero-order valence-corrected chi connectivity index (χ0v) is 13.1. The summed E-state index contributed by atoms with van der Waals surface area (Å²) in [5.41, 5.74) is 3.46. The fourth-order valence-corrected chi connectivity index (χ4v) is 2.91. The Kier molecular flexibility index (Phi) is 4.24. The zero-order valence-electron chi connectivity index (χ0n) is 13.1. The minimum atomic E-state index is -0.153. The molecule has 0 radical (unpaired) electrons. The topological polar surface area (TPSA) is 59.0 Å². The largest absolute Gasteiger partial charge is 0.320 e. The number of piperidine rings is 1. The van der Waals surface area contributed by atoms with Crippen molar-refractivity contribution in [3.63, 3.8) is 0 Å². The smallest absolute Gasteiger partial charge is 0.276 e. The zero-order chi connectivity index (χ0) is 15.5. The third-order valence-corrected chi connectivity index (χ3v) is 4.21. The van der Waals surface area contributed by atoms with E-state index >= 15 is 0 Å². The van der Waals surface area contributed by atoms with Crippen LogP contribution in [0.2, 0.25) is 0 Å². The number of amides is 1. The van der Waals surface area contributed by atoms with Crippen LogP contribution in [-0.2, 0) is 0 Å². The van der Waals surface area contributed by atoms with Crippen molar-refractivity contribution in [3.05, 3.63) is 47.3 Å². The molecule has 1 fully saturated rings. The third-order valence-electron chi connectivity index (χ3n) is 4.21. The lowest BCUT2D eigenvalue weighted by atomic mass is 10.1. The van der Waals surface area contributed by atoms with Crippen LogP contribution in [-0.4, -0.2) is 28.8 Å². The average Bonchev–Trinajstić information content (AvgIpc) is 3.02. The molecule has 1 aromatic carbocycles. The lowest BCUT2D eigenvalue weighted by Gasteiger charge is -2.22. The number of nitrogens with one attached hydrogen (secondary N) is 2. The molecule has 1 aliphatic rings. The molecule has 22 heavy (non-hydrogen) atoms. The minimum absolute atomic E-state index is 0.153. The fourth-order valence-electron chi connectivity index (χ4n) is 2.91. The summed E-state index contributed by atoms with van der Waals surface area (Å²) in [6.45, 7) is 5.97.